The molecule has 0 spiro atoms. The minimum atomic E-state index is -0.174. The Hall–Kier alpha value is -1.21. The number of nitrogens with zero attached hydrogens (tertiary/aromatic N) is 2. The van der Waals surface area contributed by atoms with Crippen molar-refractivity contribution in [3.8, 4) is 5.75 Å². The van der Waals surface area contributed by atoms with Crippen LogP contribution in [0.25, 0.3) is 0 Å². The van der Waals surface area contributed by atoms with Crippen molar-refractivity contribution in [2.75, 3.05) is 7.11 Å². The van der Waals surface area contributed by atoms with E-state index in [-0.39, 0.29) is 11.7 Å². The van der Waals surface area contributed by atoms with E-state index in [1.54, 1.807) is 11.7 Å². The standard InChI is InChI=1S/C13H16BrN3O2S/c1-8(2)17-12(18)15-16-13(17)20-7-9-6-10(19-3)4-5-11(9)14/h4-6,8H,7H2,1-3H3,(H,15,18). The average molecular weight is 358 g/mol. The Bertz CT molecular complexity index is 651. The Morgan fingerprint density at radius 2 is 2.25 bits per heavy atom. The fourth-order valence-electron chi connectivity index (χ4n) is 1.78. The van der Waals surface area contributed by atoms with E-state index in [2.05, 4.69) is 26.1 Å². The predicted molar refractivity (Wildman–Crippen MR) is 83.5 cm³/mol. The quantitative estimate of drug-likeness (QED) is 0.834. The van der Waals surface area contributed by atoms with Gasteiger partial charge in [0.1, 0.15) is 5.75 Å². The molecule has 2 aromatic rings. The molecule has 108 valence electrons. The number of ether oxygens (including phenoxy) is 1. The van der Waals surface area contributed by atoms with Crippen LogP contribution in [0.2, 0.25) is 0 Å². The van der Waals surface area contributed by atoms with Crippen LogP contribution in [-0.2, 0) is 5.75 Å². The van der Waals surface area contributed by atoms with E-state index < -0.39 is 0 Å². The van der Waals surface area contributed by atoms with Crippen LogP contribution < -0.4 is 10.4 Å². The van der Waals surface area contributed by atoms with Gasteiger partial charge in [0.05, 0.1) is 7.11 Å². The van der Waals surface area contributed by atoms with Gasteiger partial charge in [0.15, 0.2) is 5.16 Å². The summed E-state index contributed by atoms with van der Waals surface area (Å²) in [7, 11) is 1.64. The lowest BCUT2D eigenvalue weighted by Gasteiger charge is -2.10. The maximum Gasteiger partial charge on any atom is 0.344 e. The summed E-state index contributed by atoms with van der Waals surface area (Å²) in [6, 6.07) is 5.91. The van der Waals surface area contributed by atoms with E-state index in [1.807, 2.05) is 32.0 Å². The van der Waals surface area contributed by atoms with Crippen molar-refractivity contribution in [2.24, 2.45) is 0 Å². The number of hydrogen-bond donors (Lipinski definition) is 1. The highest BCUT2D eigenvalue weighted by atomic mass is 79.9. The van der Waals surface area contributed by atoms with Gasteiger partial charge >= 0.3 is 5.69 Å². The molecule has 5 nitrogen and oxygen atoms in total. The van der Waals surface area contributed by atoms with Gasteiger partial charge in [-0.3, -0.25) is 4.57 Å². The molecule has 0 radical (unpaired) electrons. The fraction of sp³-hybridized carbons (Fsp3) is 0.385. The molecule has 20 heavy (non-hydrogen) atoms. The minimum absolute atomic E-state index is 0.0810. The second kappa shape index (κ2) is 6.49. The Balaban J connectivity index is 2.19. The van der Waals surface area contributed by atoms with Gasteiger partial charge in [0, 0.05) is 16.3 Å². The van der Waals surface area contributed by atoms with Gasteiger partial charge < -0.3 is 4.74 Å². The number of aromatic nitrogens is 3. The highest BCUT2D eigenvalue weighted by Gasteiger charge is 2.12. The second-order valence-corrected chi connectivity index (χ2v) is 6.32. The summed E-state index contributed by atoms with van der Waals surface area (Å²) >= 11 is 5.04. The van der Waals surface area contributed by atoms with Crippen LogP contribution in [0.4, 0.5) is 0 Å². The number of halogens is 1. The number of methoxy groups -OCH3 is 1. The van der Waals surface area contributed by atoms with Crippen LogP contribution in [-0.4, -0.2) is 21.9 Å². The van der Waals surface area contributed by atoms with Gasteiger partial charge in [-0.05, 0) is 37.6 Å². The number of benzene rings is 1. The number of rotatable bonds is 5. The average Bonchev–Trinajstić information content (AvgIpc) is 2.79. The molecule has 1 aromatic heterocycles. The van der Waals surface area contributed by atoms with E-state index in [9.17, 15) is 4.79 Å². The van der Waals surface area contributed by atoms with Crippen LogP contribution in [0.15, 0.2) is 32.6 Å². The molecule has 0 saturated heterocycles. The second-order valence-electron chi connectivity index (χ2n) is 4.52. The lowest BCUT2D eigenvalue weighted by molar-refractivity contribution is 0.414. The Labute approximate surface area is 129 Å². The van der Waals surface area contributed by atoms with E-state index >= 15 is 0 Å². The predicted octanol–water partition coefficient (Wildman–Crippen LogP) is 3.22. The van der Waals surface area contributed by atoms with Crippen LogP contribution >= 0.6 is 27.7 Å². The van der Waals surface area contributed by atoms with E-state index in [0.717, 1.165) is 15.8 Å². The summed E-state index contributed by atoms with van der Waals surface area (Å²) in [6.07, 6.45) is 0. The molecule has 0 bridgehead atoms. The van der Waals surface area contributed by atoms with E-state index in [4.69, 9.17) is 4.74 Å². The number of hydrogen-bond acceptors (Lipinski definition) is 4. The smallest absolute Gasteiger partial charge is 0.344 e. The van der Waals surface area contributed by atoms with Gasteiger partial charge in [-0.2, -0.15) is 0 Å². The molecule has 0 unspecified atom stereocenters. The van der Waals surface area contributed by atoms with E-state index in [0.29, 0.717) is 10.9 Å². The van der Waals surface area contributed by atoms with Crippen molar-refractivity contribution < 1.29 is 4.74 Å². The first-order valence-electron chi connectivity index (χ1n) is 6.15. The monoisotopic (exact) mass is 357 g/mol. The normalized spacial score (nSPS) is 11.1. The molecule has 1 heterocycles. The third-order valence-electron chi connectivity index (χ3n) is 2.80. The molecular formula is C13H16BrN3O2S. The van der Waals surface area contributed by atoms with Gasteiger partial charge in [0.25, 0.3) is 0 Å². The first-order valence-corrected chi connectivity index (χ1v) is 7.93. The molecule has 0 fully saturated rings. The number of aromatic amines is 1. The molecule has 2 rings (SSSR count). The number of thioether (sulfide) groups is 1. The third kappa shape index (κ3) is 3.27. The largest absolute Gasteiger partial charge is 0.497 e. The molecule has 0 aliphatic heterocycles. The van der Waals surface area contributed by atoms with E-state index in [1.165, 1.54) is 11.8 Å². The number of nitrogens with one attached hydrogen (secondary N) is 1. The molecule has 0 saturated carbocycles. The van der Waals surface area contributed by atoms with Crippen molar-refractivity contribution >= 4 is 27.7 Å². The molecule has 1 N–H and O–H groups in total. The van der Waals surface area contributed by atoms with Crippen LogP contribution in [0, 0.1) is 0 Å². The minimum Gasteiger partial charge on any atom is -0.497 e. The van der Waals surface area contributed by atoms with Crippen LogP contribution in [0.3, 0.4) is 0 Å². The van der Waals surface area contributed by atoms with Gasteiger partial charge in [-0.15, -0.1) is 5.10 Å². The zero-order valence-electron chi connectivity index (χ0n) is 11.5. The zero-order chi connectivity index (χ0) is 14.7. The molecule has 0 aliphatic carbocycles. The molecule has 1 aromatic carbocycles. The summed E-state index contributed by atoms with van der Waals surface area (Å²) in [5, 5.41) is 7.25. The first-order chi connectivity index (χ1) is 9.52. The molecule has 0 amide bonds. The lowest BCUT2D eigenvalue weighted by Crippen LogP contribution is -2.19. The molecule has 0 aliphatic rings. The lowest BCUT2D eigenvalue weighted by atomic mass is 10.2. The summed E-state index contributed by atoms with van der Waals surface area (Å²) in [5.41, 5.74) is 0.923. The Morgan fingerprint density at radius 3 is 2.90 bits per heavy atom. The van der Waals surface area contributed by atoms with Crippen molar-refractivity contribution in [3.05, 3.63) is 38.7 Å². The van der Waals surface area contributed by atoms with Crippen LogP contribution in [0.5, 0.6) is 5.75 Å². The maximum atomic E-state index is 11.7. The van der Waals surface area contributed by atoms with Gasteiger partial charge in [-0.1, -0.05) is 27.7 Å². The molecular weight excluding hydrogens is 342 g/mol. The maximum absolute atomic E-state index is 11.7. The highest BCUT2D eigenvalue weighted by Crippen LogP contribution is 2.29. The number of H-pyrrole nitrogens is 1. The van der Waals surface area contributed by atoms with Crippen molar-refractivity contribution in [1.29, 1.82) is 0 Å². The summed E-state index contributed by atoms with van der Waals surface area (Å²) in [4.78, 5) is 11.7. The fourth-order valence-corrected chi connectivity index (χ4v) is 3.42. The first kappa shape index (κ1) is 15.2. The summed E-state index contributed by atoms with van der Waals surface area (Å²) < 4.78 is 7.89. The molecule has 0 atom stereocenters. The van der Waals surface area contributed by atoms with Crippen molar-refractivity contribution in [2.45, 2.75) is 30.8 Å². The van der Waals surface area contributed by atoms with Gasteiger partial charge in [-0.25, -0.2) is 9.89 Å². The Morgan fingerprint density at radius 1 is 1.50 bits per heavy atom. The summed E-state index contributed by atoms with van der Waals surface area (Å²) in [6.45, 7) is 3.92. The molecule has 7 heteroatoms. The highest BCUT2D eigenvalue weighted by molar-refractivity contribution is 9.10. The van der Waals surface area contributed by atoms with Gasteiger partial charge in [0.2, 0.25) is 0 Å². The zero-order valence-corrected chi connectivity index (χ0v) is 13.9. The van der Waals surface area contributed by atoms with Crippen molar-refractivity contribution in [3.63, 3.8) is 0 Å². The topological polar surface area (TPSA) is 59.9 Å². The SMILES string of the molecule is COc1ccc(Br)c(CSc2n[nH]c(=O)n2C(C)C)c1. The summed E-state index contributed by atoms with van der Waals surface area (Å²) in [5.74, 6) is 1.52. The third-order valence-corrected chi connectivity index (χ3v) is 4.57. The van der Waals surface area contributed by atoms with Crippen LogP contribution in [0.1, 0.15) is 25.5 Å². The van der Waals surface area contributed by atoms with Crippen molar-refractivity contribution in [1.82, 2.24) is 14.8 Å². The Kier molecular flexibility index (Phi) is 4.93.